The fourth-order valence-corrected chi connectivity index (χ4v) is 1.66. The van der Waals surface area contributed by atoms with E-state index < -0.39 is 0 Å². The molecule has 0 aliphatic rings. The van der Waals surface area contributed by atoms with Crippen molar-refractivity contribution >= 4 is 5.91 Å². The molecule has 17 heavy (non-hydrogen) atoms. The molecule has 0 heterocycles. The van der Waals surface area contributed by atoms with Crippen LogP contribution in [-0.4, -0.2) is 18.5 Å². The normalized spacial score (nSPS) is 13.1. The van der Waals surface area contributed by atoms with Crippen molar-refractivity contribution < 1.29 is 4.79 Å². The molecule has 0 saturated carbocycles. The number of nitrogens with two attached hydrogens (primary N) is 1. The van der Waals surface area contributed by atoms with Crippen LogP contribution >= 0.6 is 0 Å². The van der Waals surface area contributed by atoms with Crippen LogP contribution in [0.15, 0.2) is 0 Å². The molecule has 3 N–H and O–H groups in total. The quantitative estimate of drug-likeness (QED) is 0.611. The van der Waals surface area contributed by atoms with Gasteiger partial charge >= 0.3 is 0 Å². The highest BCUT2D eigenvalue weighted by atomic mass is 16.2. The highest BCUT2D eigenvalue weighted by Crippen LogP contribution is 2.09. The van der Waals surface area contributed by atoms with Gasteiger partial charge in [0.25, 0.3) is 0 Å². The number of carbonyl (C=O) groups excluding carboxylic acids is 1. The van der Waals surface area contributed by atoms with Crippen LogP contribution in [0.25, 0.3) is 0 Å². The van der Waals surface area contributed by atoms with Gasteiger partial charge in [0.2, 0.25) is 5.91 Å². The Morgan fingerprint density at radius 3 is 2.18 bits per heavy atom. The third-order valence-electron chi connectivity index (χ3n) is 3.03. The van der Waals surface area contributed by atoms with Gasteiger partial charge in [0.05, 0.1) is 6.04 Å². The molecule has 0 aromatic carbocycles. The summed E-state index contributed by atoms with van der Waals surface area (Å²) in [6, 6.07) is -0.365. The summed E-state index contributed by atoms with van der Waals surface area (Å²) in [5.41, 5.74) is 5.74. The monoisotopic (exact) mass is 242 g/mol. The Labute approximate surface area is 107 Å². The van der Waals surface area contributed by atoms with Crippen LogP contribution in [-0.2, 0) is 4.79 Å². The molecule has 0 aliphatic carbocycles. The SMILES string of the molecule is CC(C)CCCCCCNC(=O)[C@@H](N)C(C)C. The first kappa shape index (κ1) is 16.4. The minimum atomic E-state index is -0.365. The third kappa shape index (κ3) is 9.16. The molecule has 0 aliphatic heterocycles. The molecule has 1 atom stereocenters. The number of carbonyl (C=O) groups is 1. The number of rotatable bonds is 9. The summed E-state index contributed by atoms with van der Waals surface area (Å²) in [5, 5.41) is 2.90. The minimum Gasteiger partial charge on any atom is -0.355 e. The lowest BCUT2D eigenvalue weighted by atomic mass is 10.0. The average molecular weight is 242 g/mol. The van der Waals surface area contributed by atoms with E-state index in [0.717, 1.165) is 18.9 Å². The largest absolute Gasteiger partial charge is 0.355 e. The molecule has 0 spiro atoms. The molecule has 3 nitrogen and oxygen atoms in total. The lowest BCUT2D eigenvalue weighted by molar-refractivity contribution is -0.123. The molecule has 0 fully saturated rings. The first-order valence-corrected chi connectivity index (χ1v) is 6.98. The fourth-order valence-electron chi connectivity index (χ4n) is 1.66. The maximum atomic E-state index is 11.5. The molecule has 0 bridgehead atoms. The van der Waals surface area contributed by atoms with E-state index in [2.05, 4.69) is 19.2 Å². The molecule has 102 valence electrons. The van der Waals surface area contributed by atoms with Crippen molar-refractivity contribution in [3.05, 3.63) is 0 Å². The number of hydrogen-bond acceptors (Lipinski definition) is 2. The van der Waals surface area contributed by atoms with E-state index in [4.69, 9.17) is 5.73 Å². The summed E-state index contributed by atoms with van der Waals surface area (Å²) >= 11 is 0. The number of amides is 1. The van der Waals surface area contributed by atoms with E-state index in [-0.39, 0.29) is 17.9 Å². The number of nitrogens with one attached hydrogen (secondary N) is 1. The summed E-state index contributed by atoms with van der Waals surface area (Å²) in [6.45, 7) is 9.22. The van der Waals surface area contributed by atoms with E-state index in [9.17, 15) is 4.79 Å². The van der Waals surface area contributed by atoms with Crippen LogP contribution < -0.4 is 11.1 Å². The maximum Gasteiger partial charge on any atom is 0.237 e. The van der Waals surface area contributed by atoms with Crippen molar-refractivity contribution in [2.75, 3.05) is 6.54 Å². The van der Waals surface area contributed by atoms with E-state index in [1.165, 1.54) is 25.7 Å². The Bertz CT molecular complexity index is 202. The molecule has 0 radical (unpaired) electrons. The lowest BCUT2D eigenvalue weighted by Gasteiger charge is -2.15. The van der Waals surface area contributed by atoms with Crippen molar-refractivity contribution in [2.45, 2.75) is 65.8 Å². The highest BCUT2D eigenvalue weighted by Gasteiger charge is 2.15. The molecular formula is C14H30N2O. The van der Waals surface area contributed by atoms with E-state index in [0.29, 0.717) is 0 Å². The standard InChI is InChI=1S/C14H30N2O/c1-11(2)9-7-5-6-8-10-16-14(17)13(15)12(3)4/h11-13H,5-10,15H2,1-4H3,(H,16,17)/t13-/m0/s1. The molecule has 0 aromatic rings. The zero-order chi connectivity index (χ0) is 13.3. The first-order valence-electron chi connectivity index (χ1n) is 6.98. The fraction of sp³-hybridized carbons (Fsp3) is 0.929. The van der Waals surface area contributed by atoms with Gasteiger partial charge in [-0.2, -0.15) is 0 Å². The average Bonchev–Trinajstić information content (AvgIpc) is 2.25. The zero-order valence-electron chi connectivity index (χ0n) is 12.0. The molecule has 0 unspecified atom stereocenters. The summed E-state index contributed by atoms with van der Waals surface area (Å²) < 4.78 is 0. The summed E-state index contributed by atoms with van der Waals surface area (Å²) in [4.78, 5) is 11.5. The Morgan fingerprint density at radius 1 is 1.06 bits per heavy atom. The van der Waals surface area contributed by atoms with Crippen LogP contribution in [0.5, 0.6) is 0 Å². The van der Waals surface area contributed by atoms with Crippen molar-refractivity contribution in [1.82, 2.24) is 5.32 Å². The topological polar surface area (TPSA) is 55.1 Å². The summed E-state index contributed by atoms with van der Waals surface area (Å²) in [5.74, 6) is 1.00. The van der Waals surface area contributed by atoms with Crippen LogP contribution in [0, 0.1) is 11.8 Å². The molecule has 0 rings (SSSR count). The van der Waals surface area contributed by atoms with Gasteiger partial charge in [-0.25, -0.2) is 0 Å². The highest BCUT2D eigenvalue weighted by molar-refractivity contribution is 5.81. The second kappa shape index (κ2) is 9.46. The van der Waals surface area contributed by atoms with Crippen LogP contribution in [0.1, 0.15) is 59.8 Å². The number of hydrogen-bond donors (Lipinski definition) is 2. The van der Waals surface area contributed by atoms with Gasteiger partial charge in [0, 0.05) is 6.54 Å². The second-order valence-corrected chi connectivity index (χ2v) is 5.66. The lowest BCUT2D eigenvalue weighted by Crippen LogP contribution is -2.44. The predicted molar refractivity (Wildman–Crippen MR) is 73.7 cm³/mol. The van der Waals surface area contributed by atoms with E-state index in [1.54, 1.807) is 0 Å². The smallest absolute Gasteiger partial charge is 0.237 e. The van der Waals surface area contributed by atoms with Gasteiger partial charge in [0.1, 0.15) is 0 Å². The van der Waals surface area contributed by atoms with Gasteiger partial charge in [0.15, 0.2) is 0 Å². The molecular weight excluding hydrogens is 212 g/mol. The van der Waals surface area contributed by atoms with Gasteiger partial charge in [-0.3, -0.25) is 4.79 Å². The second-order valence-electron chi connectivity index (χ2n) is 5.66. The Morgan fingerprint density at radius 2 is 1.65 bits per heavy atom. The zero-order valence-corrected chi connectivity index (χ0v) is 12.0. The number of unbranched alkanes of at least 4 members (excludes halogenated alkanes) is 3. The van der Waals surface area contributed by atoms with E-state index in [1.807, 2.05) is 13.8 Å². The maximum absolute atomic E-state index is 11.5. The molecule has 0 aromatic heterocycles. The molecule has 3 heteroatoms. The molecule has 1 amide bonds. The summed E-state index contributed by atoms with van der Waals surface area (Å²) in [7, 11) is 0. The van der Waals surface area contributed by atoms with Crippen molar-refractivity contribution in [3.63, 3.8) is 0 Å². The van der Waals surface area contributed by atoms with Crippen LogP contribution in [0.2, 0.25) is 0 Å². The Kier molecular flexibility index (Phi) is 9.14. The molecule has 0 saturated heterocycles. The Hall–Kier alpha value is -0.570. The first-order chi connectivity index (χ1) is 7.95. The van der Waals surface area contributed by atoms with Gasteiger partial charge in [-0.1, -0.05) is 53.4 Å². The van der Waals surface area contributed by atoms with Gasteiger partial charge < -0.3 is 11.1 Å². The van der Waals surface area contributed by atoms with Crippen molar-refractivity contribution in [1.29, 1.82) is 0 Å². The minimum absolute atomic E-state index is 0.0119. The van der Waals surface area contributed by atoms with Crippen molar-refractivity contribution in [2.24, 2.45) is 17.6 Å². The predicted octanol–water partition coefficient (Wildman–Crippen LogP) is 2.69. The van der Waals surface area contributed by atoms with Gasteiger partial charge in [-0.05, 0) is 18.3 Å². The van der Waals surface area contributed by atoms with Crippen LogP contribution in [0.3, 0.4) is 0 Å². The van der Waals surface area contributed by atoms with E-state index >= 15 is 0 Å². The summed E-state index contributed by atoms with van der Waals surface area (Å²) in [6.07, 6.45) is 6.14. The van der Waals surface area contributed by atoms with Crippen LogP contribution in [0.4, 0.5) is 0 Å². The van der Waals surface area contributed by atoms with Gasteiger partial charge in [-0.15, -0.1) is 0 Å². The van der Waals surface area contributed by atoms with Crippen molar-refractivity contribution in [3.8, 4) is 0 Å². The third-order valence-corrected chi connectivity index (χ3v) is 3.03. The Balaban J connectivity index is 3.37.